The first kappa shape index (κ1) is 16.4. The summed E-state index contributed by atoms with van der Waals surface area (Å²) in [5, 5.41) is 2.45. The molecule has 1 aromatic carbocycles. The van der Waals surface area contributed by atoms with Crippen LogP contribution in [0.15, 0.2) is 28.6 Å². The average Bonchev–Trinajstić information content (AvgIpc) is 2.60. The van der Waals surface area contributed by atoms with Crippen LogP contribution >= 0.6 is 11.3 Å². The van der Waals surface area contributed by atoms with Gasteiger partial charge in [-0.3, -0.25) is 11.6 Å². The fraction of sp³-hybridized carbons (Fsp3) is 0.250. The number of benzene rings is 1. The molecule has 0 saturated carbocycles. The molecule has 0 bridgehead atoms. The second kappa shape index (κ2) is 6.21. The zero-order chi connectivity index (χ0) is 15.5. The van der Waals surface area contributed by atoms with Crippen molar-refractivity contribution in [1.29, 1.82) is 0 Å². The first-order valence-electron chi connectivity index (χ1n) is 5.66. The summed E-state index contributed by atoms with van der Waals surface area (Å²) in [5.41, 5.74) is 7.30. The molecule has 2 aromatic rings. The lowest BCUT2D eigenvalue weighted by Gasteiger charge is -2.14. The molecule has 6 nitrogen and oxygen atoms in total. The minimum atomic E-state index is -4.33. The van der Waals surface area contributed by atoms with Gasteiger partial charge in [0.05, 0.1) is 4.90 Å². The van der Waals surface area contributed by atoms with Crippen LogP contribution in [0.1, 0.15) is 16.7 Å². The molecule has 20 heavy (non-hydrogen) atoms. The Kier molecular flexibility index (Phi) is 5.09. The number of hydrogen-bond donors (Lipinski definition) is 2. The number of rotatable bonds is 1. The van der Waals surface area contributed by atoms with Crippen molar-refractivity contribution in [2.75, 3.05) is 11.6 Å². The monoisotopic (exact) mass is 315 g/mol. The molecule has 0 aliphatic carbocycles. The van der Waals surface area contributed by atoms with E-state index in [2.05, 4.69) is 0 Å². The maximum Gasteiger partial charge on any atom is 0.354 e. The van der Waals surface area contributed by atoms with Crippen LogP contribution in [0.2, 0.25) is 0 Å². The molecule has 0 amide bonds. The smallest absolute Gasteiger partial charge is 0.354 e. The Labute approximate surface area is 122 Å². The Morgan fingerprint density at radius 1 is 1.20 bits per heavy atom. The maximum absolute atomic E-state index is 10.8. The second-order valence-corrected chi connectivity index (χ2v) is 6.57. The van der Waals surface area contributed by atoms with Gasteiger partial charge < -0.3 is 4.55 Å². The Morgan fingerprint density at radius 2 is 1.70 bits per heavy atom. The standard InChI is InChI=1S/C9H12O3S.C3H5N3S/c1-6-4-7(2)9(8(3)5-6)13(10,11)12;4-3-6(5)1-2-7-3/h4-5H,1-3H3,(H,10,11,12);1-2,4H,5H2. The summed E-state index contributed by atoms with van der Waals surface area (Å²) >= 11 is 1.42. The first-order chi connectivity index (χ1) is 9.12. The van der Waals surface area contributed by atoms with E-state index in [0.29, 0.717) is 16.3 Å². The SMILES string of the molecule is Cc1cc(C)c(S(=O)(=O)[O-])c(C)c1.Nc1scc[n+]1N. The van der Waals surface area contributed by atoms with Crippen LogP contribution in [0.25, 0.3) is 0 Å². The van der Waals surface area contributed by atoms with Gasteiger partial charge in [0.25, 0.3) is 0 Å². The van der Waals surface area contributed by atoms with Crippen LogP contribution in [-0.4, -0.2) is 13.0 Å². The van der Waals surface area contributed by atoms with Gasteiger partial charge in [-0.25, -0.2) is 8.42 Å². The number of hydrogen-bond acceptors (Lipinski definition) is 6. The Morgan fingerprint density at radius 3 is 1.95 bits per heavy atom. The predicted molar refractivity (Wildman–Crippen MR) is 77.7 cm³/mol. The third-order valence-electron chi connectivity index (χ3n) is 2.52. The third kappa shape index (κ3) is 4.19. The lowest BCUT2D eigenvalue weighted by molar-refractivity contribution is -0.619. The molecule has 0 spiro atoms. The fourth-order valence-electron chi connectivity index (χ4n) is 1.86. The van der Waals surface area contributed by atoms with Crippen LogP contribution in [0, 0.1) is 20.8 Å². The molecule has 0 aliphatic heterocycles. The number of aryl methyl sites for hydroxylation is 3. The van der Waals surface area contributed by atoms with Gasteiger partial charge in [0.15, 0.2) is 0 Å². The minimum Gasteiger partial charge on any atom is -0.744 e. The minimum absolute atomic E-state index is 0.0851. The van der Waals surface area contributed by atoms with E-state index in [-0.39, 0.29) is 4.90 Å². The molecular weight excluding hydrogens is 298 g/mol. The summed E-state index contributed by atoms with van der Waals surface area (Å²) in [7, 11) is -4.33. The molecule has 0 fully saturated rings. The van der Waals surface area contributed by atoms with Crippen molar-refractivity contribution < 1.29 is 17.6 Å². The summed E-state index contributed by atoms with van der Waals surface area (Å²) < 4.78 is 33.9. The predicted octanol–water partition coefficient (Wildman–Crippen LogP) is 0.848. The van der Waals surface area contributed by atoms with Gasteiger partial charge in [0.2, 0.25) is 0 Å². The number of anilines is 1. The maximum atomic E-state index is 10.8. The van der Waals surface area contributed by atoms with Gasteiger partial charge in [-0.1, -0.05) is 29.0 Å². The van der Waals surface area contributed by atoms with Gasteiger partial charge >= 0.3 is 5.13 Å². The lowest BCUT2D eigenvalue weighted by Crippen LogP contribution is -2.44. The van der Waals surface area contributed by atoms with E-state index in [9.17, 15) is 13.0 Å². The molecular formula is C12H17N3O3S2. The molecule has 110 valence electrons. The Balaban J connectivity index is 0.000000240. The van der Waals surface area contributed by atoms with Gasteiger partial charge in [-0.2, -0.15) is 0 Å². The molecule has 0 atom stereocenters. The molecule has 0 saturated heterocycles. The fourth-order valence-corrected chi connectivity index (χ4v) is 3.28. The third-order valence-corrected chi connectivity index (χ3v) is 4.37. The van der Waals surface area contributed by atoms with Crippen LogP contribution in [-0.2, 0) is 10.1 Å². The molecule has 1 aromatic heterocycles. The van der Waals surface area contributed by atoms with E-state index in [0.717, 1.165) is 5.56 Å². The molecule has 1 heterocycles. The molecule has 4 N–H and O–H groups in total. The normalized spacial score (nSPS) is 10.8. The highest BCUT2D eigenvalue weighted by Gasteiger charge is 2.09. The van der Waals surface area contributed by atoms with Crippen LogP contribution in [0.5, 0.6) is 0 Å². The van der Waals surface area contributed by atoms with Crippen molar-refractivity contribution in [3.8, 4) is 0 Å². The van der Waals surface area contributed by atoms with E-state index in [1.54, 1.807) is 32.2 Å². The molecule has 0 aliphatic rings. The quantitative estimate of drug-likeness (QED) is 0.460. The van der Waals surface area contributed by atoms with Gasteiger partial charge in [0.1, 0.15) is 16.3 Å². The van der Waals surface area contributed by atoms with Crippen molar-refractivity contribution in [2.45, 2.75) is 25.7 Å². The molecule has 8 heteroatoms. The van der Waals surface area contributed by atoms with E-state index in [4.69, 9.17) is 11.6 Å². The first-order valence-corrected chi connectivity index (χ1v) is 7.95. The van der Waals surface area contributed by atoms with Gasteiger partial charge in [-0.05, 0) is 31.9 Å². The van der Waals surface area contributed by atoms with E-state index in [1.165, 1.54) is 16.0 Å². The largest absolute Gasteiger partial charge is 0.744 e. The van der Waals surface area contributed by atoms with Crippen molar-refractivity contribution in [2.24, 2.45) is 0 Å². The van der Waals surface area contributed by atoms with Crippen molar-refractivity contribution in [3.05, 3.63) is 40.4 Å². The van der Waals surface area contributed by atoms with Gasteiger partial charge in [-0.15, -0.1) is 4.68 Å². The Bertz CT molecular complexity index is 669. The highest BCUT2D eigenvalue weighted by atomic mass is 32.2. The van der Waals surface area contributed by atoms with Crippen molar-refractivity contribution in [1.82, 2.24) is 0 Å². The van der Waals surface area contributed by atoms with E-state index >= 15 is 0 Å². The summed E-state index contributed by atoms with van der Waals surface area (Å²) in [6, 6.07) is 3.38. The zero-order valence-electron chi connectivity index (χ0n) is 11.5. The van der Waals surface area contributed by atoms with Crippen molar-refractivity contribution >= 4 is 26.6 Å². The summed E-state index contributed by atoms with van der Waals surface area (Å²) in [5.74, 6) is 5.24. The summed E-state index contributed by atoms with van der Waals surface area (Å²) in [6.07, 6.45) is 1.71. The topological polar surface area (TPSA) is 113 Å². The van der Waals surface area contributed by atoms with E-state index in [1.807, 2.05) is 12.3 Å². The molecule has 0 unspecified atom stereocenters. The average molecular weight is 315 g/mol. The summed E-state index contributed by atoms with van der Waals surface area (Å²) in [4.78, 5) is -0.0851. The Hall–Kier alpha value is -1.64. The highest BCUT2D eigenvalue weighted by Crippen LogP contribution is 2.20. The number of nitrogens with two attached hydrogens (primary N) is 2. The molecule has 2 rings (SSSR count). The number of aromatic nitrogens is 1. The highest BCUT2D eigenvalue weighted by molar-refractivity contribution is 7.85. The number of thiazole rings is 1. The lowest BCUT2D eigenvalue weighted by atomic mass is 10.1. The van der Waals surface area contributed by atoms with E-state index < -0.39 is 10.1 Å². The summed E-state index contributed by atoms with van der Waals surface area (Å²) in [6.45, 7) is 5.12. The number of nitrogens with zero attached hydrogens (tertiary/aromatic N) is 1. The second-order valence-electron chi connectivity index (χ2n) is 4.33. The van der Waals surface area contributed by atoms with Crippen molar-refractivity contribution in [3.63, 3.8) is 0 Å². The zero-order valence-corrected chi connectivity index (χ0v) is 13.1. The van der Waals surface area contributed by atoms with Crippen LogP contribution in [0.4, 0.5) is 5.13 Å². The van der Waals surface area contributed by atoms with Crippen LogP contribution in [0.3, 0.4) is 0 Å². The van der Waals surface area contributed by atoms with Crippen LogP contribution < -0.4 is 16.3 Å². The molecule has 0 radical (unpaired) electrons. The number of nitrogen functional groups attached to an aromatic ring is 2. The van der Waals surface area contributed by atoms with Gasteiger partial charge in [0, 0.05) is 5.38 Å².